The zero-order chi connectivity index (χ0) is 21.6. The van der Waals surface area contributed by atoms with Crippen LogP contribution in [0.25, 0.3) is 0 Å². The summed E-state index contributed by atoms with van der Waals surface area (Å²) < 4.78 is 18.4. The van der Waals surface area contributed by atoms with Crippen LogP contribution in [0, 0.1) is 5.82 Å². The third-order valence-electron chi connectivity index (χ3n) is 4.02. The number of rotatable bonds is 11. The molecule has 0 saturated heterocycles. The minimum atomic E-state index is -0.213. The van der Waals surface area contributed by atoms with E-state index in [1.807, 2.05) is 31.2 Å². The average molecular weight is 560 g/mol. The summed E-state index contributed by atoms with van der Waals surface area (Å²) in [7, 11) is 1.73. The molecule has 0 atom stereocenters. The fourth-order valence-electron chi connectivity index (χ4n) is 2.55. The summed E-state index contributed by atoms with van der Waals surface area (Å²) in [6, 6.07) is 14.2. The number of carbonyl (C=O) groups excluding carboxylic acids is 1. The number of halogens is 2. The molecule has 0 fully saturated rings. The quantitative estimate of drug-likeness (QED) is 0.128. The number of carbonyl (C=O) groups is 1. The van der Waals surface area contributed by atoms with Crippen molar-refractivity contribution in [1.82, 2.24) is 16.0 Å². The average Bonchev–Trinajstić information content (AvgIpc) is 2.76. The minimum Gasteiger partial charge on any atom is -0.484 e. The summed E-state index contributed by atoms with van der Waals surface area (Å²) in [6.45, 7) is 3.83. The molecule has 0 aliphatic heterocycles. The van der Waals surface area contributed by atoms with Gasteiger partial charge in [-0.1, -0.05) is 12.1 Å². The summed E-state index contributed by atoms with van der Waals surface area (Å²) in [6.07, 6.45) is 0.950. The zero-order valence-corrected chi connectivity index (χ0v) is 21.0. The van der Waals surface area contributed by atoms with Gasteiger partial charge in [-0.25, -0.2) is 4.39 Å². The monoisotopic (exact) mass is 560 g/mol. The Morgan fingerprint density at radius 1 is 1.13 bits per heavy atom. The molecule has 170 valence electrons. The van der Waals surface area contributed by atoms with Crippen LogP contribution in [0.5, 0.6) is 5.75 Å². The fourth-order valence-corrected chi connectivity index (χ4v) is 3.40. The van der Waals surface area contributed by atoms with Gasteiger partial charge in [-0.15, -0.1) is 35.7 Å². The lowest BCUT2D eigenvalue weighted by Crippen LogP contribution is -2.37. The van der Waals surface area contributed by atoms with Crippen molar-refractivity contribution in [2.45, 2.75) is 24.8 Å². The molecule has 0 aliphatic carbocycles. The van der Waals surface area contributed by atoms with Crippen LogP contribution in [-0.2, 0) is 11.3 Å². The van der Waals surface area contributed by atoms with Crippen molar-refractivity contribution in [2.75, 3.05) is 32.5 Å². The van der Waals surface area contributed by atoms with Crippen LogP contribution in [0.2, 0.25) is 0 Å². The molecular weight excluding hydrogens is 530 g/mol. The molecule has 0 heterocycles. The molecule has 0 radical (unpaired) electrons. The molecule has 9 heteroatoms. The van der Waals surface area contributed by atoms with Gasteiger partial charge in [0.1, 0.15) is 11.6 Å². The molecule has 2 aromatic rings. The van der Waals surface area contributed by atoms with Gasteiger partial charge < -0.3 is 20.7 Å². The third-order valence-corrected chi connectivity index (χ3v) is 5.12. The van der Waals surface area contributed by atoms with Crippen molar-refractivity contribution < 1.29 is 13.9 Å². The molecular formula is C22H30FIN4O2S. The second-order valence-electron chi connectivity index (χ2n) is 6.40. The van der Waals surface area contributed by atoms with E-state index in [9.17, 15) is 9.18 Å². The highest BCUT2D eigenvalue weighted by atomic mass is 127. The lowest BCUT2D eigenvalue weighted by Gasteiger charge is -2.13. The number of guanidine groups is 1. The summed E-state index contributed by atoms with van der Waals surface area (Å²) in [5, 5.41) is 9.25. The summed E-state index contributed by atoms with van der Waals surface area (Å²) >= 11 is 1.70. The predicted octanol–water partition coefficient (Wildman–Crippen LogP) is 3.81. The molecule has 31 heavy (non-hydrogen) atoms. The Hall–Kier alpha value is -2.01. The van der Waals surface area contributed by atoms with Crippen molar-refractivity contribution >= 4 is 47.6 Å². The van der Waals surface area contributed by atoms with E-state index in [2.05, 4.69) is 20.9 Å². The molecule has 6 nitrogen and oxygen atoms in total. The minimum absolute atomic E-state index is 0. The molecule has 0 saturated carbocycles. The van der Waals surface area contributed by atoms with Crippen molar-refractivity contribution in [3.05, 3.63) is 59.9 Å². The number of likely N-dealkylation sites (N-methyl/N-ethyl adjacent to an activating group) is 1. The summed E-state index contributed by atoms with van der Waals surface area (Å²) in [5.41, 5.74) is 1.03. The van der Waals surface area contributed by atoms with E-state index in [-0.39, 0.29) is 42.3 Å². The van der Waals surface area contributed by atoms with Gasteiger partial charge >= 0.3 is 0 Å². The molecule has 0 aliphatic rings. The number of hydrogen-bond donors (Lipinski definition) is 3. The second kappa shape index (κ2) is 15.7. The first-order valence-electron chi connectivity index (χ1n) is 9.92. The normalized spacial score (nSPS) is 10.7. The van der Waals surface area contributed by atoms with E-state index in [1.54, 1.807) is 30.9 Å². The Morgan fingerprint density at radius 3 is 2.61 bits per heavy atom. The molecule has 2 rings (SSSR count). The Morgan fingerprint density at radius 2 is 1.90 bits per heavy atom. The first kappa shape index (κ1) is 27.0. The number of thioether (sulfide) groups is 1. The van der Waals surface area contributed by atoms with Crippen LogP contribution in [0.3, 0.4) is 0 Å². The molecule has 0 spiro atoms. The van der Waals surface area contributed by atoms with E-state index in [0.29, 0.717) is 18.8 Å². The number of nitrogens with zero attached hydrogens (tertiary/aromatic N) is 1. The van der Waals surface area contributed by atoms with Gasteiger partial charge in [0.2, 0.25) is 0 Å². The van der Waals surface area contributed by atoms with Gasteiger partial charge in [-0.3, -0.25) is 9.79 Å². The molecule has 0 unspecified atom stereocenters. The maximum absolute atomic E-state index is 12.9. The van der Waals surface area contributed by atoms with Crippen LogP contribution < -0.4 is 20.7 Å². The van der Waals surface area contributed by atoms with Crippen LogP contribution in [-0.4, -0.2) is 44.4 Å². The van der Waals surface area contributed by atoms with Gasteiger partial charge in [0.05, 0.1) is 0 Å². The SMILES string of the molecule is CCNC(=O)COc1cccc(CNC(=NC)NCCCSc2ccc(F)cc2)c1.I. The van der Waals surface area contributed by atoms with E-state index in [4.69, 9.17) is 4.74 Å². The fraction of sp³-hybridized carbons (Fsp3) is 0.364. The van der Waals surface area contributed by atoms with Gasteiger partial charge in [0.25, 0.3) is 5.91 Å². The van der Waals surface area contributed by atoms with Crippen molar-refractivity contribution in [3.63, 3.8) is 0 Å². The van der Waals surface area contributed by atoms with E-state index >= 15 is 0 Å². The lowest BCUT2D eigenvalue weighted by molar-refractivity contribution is -0.122. The van der Waals surface area contributed by atoms with Crippen molar-refractivity contribution in [3.8, 4) is 5.75 Å². The highest BCUT2D eigenvalue weighted by Gasteiger charge is 2.03. The number of amides is 1. The van der Waals surface area contributed by atoms with Gasteiger partial charge in [-0.2, -0.15) is 0 Å². The smallest absolute Gasteiger partial charge is 0.257 e. The number of nitrogens with one attached hydrogen (secondary N) is 3. The highest BCUT2D eigenvalue weighted by molar-refractivity contribution is 14.0. The Kier molecular flexibility index (Phi) is 13.7. The van der Waals surface area contributed by atoms with Crippen LogP contribution in [0.4, 0.5) is 4.39 Å². The Balaban J connectivity index is 0.00000480. The maximum atomic E-state index is 12.9. The third kappa shape index (κ3) is 11.3. The van der Waals surface area contributed by atoms with Crippen LogP contribution >= 0.6 is 35.7 Å². The maximum Gasteiger partial charge on any atom is 0.257 e. The largest absolute Gasteiger partial charge is 0.484 e. The summed E-state index contributed by atoms with van der Waals surface area (Å²) in [4.78, 5) is 16.8. The number of aliphatic imine (C=N–C) groups is 1. The number of ether oxygens (including phenoxy) is 1. The van der Waals surface area contributed by atoms with Gasteiger partial charge in [-0.05, 0) is 61.1 Å². The molecule has 2 aromatic carbocycles. The van der Waals surface area contributed by atoms with Crippen LogP contribution in [0.1, 0.15) is 18.9 Å². The number of hydrogen-bond acceptors (Lipinski definition) is 4. The van der Waals surface area contributed by atoms with Gasteiger partial charge in [0, 0.05) is 31.6 Å². The molecule has 1 amide bonds. The Bertz CT molecular complexity index is 821. The Labute approximate surface area is 204 Å². The van der Waals surface area contributed by atoms with Crippen LogP contribution in [0.15, 0.2) is 58.4 Å². The molecule has 0 bridgehead atoms. The summed E-state index contributed by atoms with van der Waals surface area (Å²) in [5.74, 6) is 1.95. The highest BCUT2D eigenvalue weighted by Crippen LogP contribution is 2.18. The van der Waals surface area contributed by atoms with E-state index in [0.717, 1.165) is 35.1 Å². The van der Waals surface area contributed by atoms with E-state index in [1.165, 1.54) is 12.1 Å². The zero-order valence-electron chi connectivity index (χ0n) is 17.8. The standard InChI is InChI=1S/C22H29FN4O2S.HI/c1-3-25-21(28)16-29-19-7-4-6-17(14-19)15-27-22(24-2)26-12-5-13-30-20-10-8-18(23)9-11-20;/h4,6-11,14H,3,5,12-13,15-16H2,1-2H3,(H,25,28)(H2,24,26,27);1H. The molecule has 3 N–H and O–H groups in total. The first-order chi connectivity index (χ1) is 14.6. The van der Waals surface area contributed by atoms with Crippen molar-refractivity contribution in [2.24, 2.45) is 4.99 Å². The second-order valence-corrected chi connectivity index (χ2v) is 7.57. The number of benzene rings is 2. The van der Waals surface area contributed by atoms with Crippen molar-refractivity contribution in [1.29, 1.82) is 0 Å². The van der Waals surface area contributed by atoms with E-state index < -0.39 is 0 Å². The molecule has 0 aromatic heterocycles. The van der Waals surface area contributed by atoms with Gasteiger partial charge in [0.15, 0.2) is 12.6 Å². The topological polar surface area (TPSA) is 74.8 Å². The lowest BCUT2D eigenvalue weighted by atomic mass is 10.2. The first-order valence-corrected chi connectivity index (χ1v) is 10.9. The predicted molar refractivity (Wildman–Crippen MR) is 136 cm³/mol.